The Balaban J connectivity index is 3.91. The molecule has 0 fully saturated rings. The maximum atomic E-state index is 8.61. The molecule has 0 aromatic heterocycles. The Morgan fingerprint density at radius 3 is 2.55 bits per heavy atom. The fraction of sp³-hybridized carbons (Fsp3) is 0.857. The van der Waals surface area contributed by atoms with Gasteiger partial charge in [0.1, 0.15) is 5.84 Å². The molecule has 0 spiro atoms. The van der Waals surface area contributed by atoms with Crippen LogP contribution in [0.25, 0.3) is 0 Å². The molecule has 11 heavy (non-hydrogen) atoms. The molecule has 0 aromatic carbocycles. The lowest BCUT2D eigenvalue weighted by Gasteiger charge is -2.24. The minimum absolute atomic E-state index is 0.0258. The molecule has 0 aliphatic heterocycles. The van der Waals surface area contributed by atoms with Gasteiger partial charge < -0.3 is 10.8 Å². The van der Waals surface area contributed by atoms with Gasteiger partial charge in [-0.3, -0.25) is 10.3 Å². The van der Waals surface area contributed by atoms with Crippen molar-refractivity contribution in [3.8, 4) is 0 Å². The summed E-state index contributed by atoms with van der Waals surface area (Å²) in [4.78, 5) is 1.88. The van der Waals surface area contributed by atoms with E-state index < -0.39 is 0 Å². The lowest BCUT2D eigenvalue weighted by Crippen LogP contribution is -2.42. The quantitative estimate of drug-likeness (QED) is 0.378. The van der Waals surface area contributed by atoms with Crippen LogP contribution in [0.5, 0.6) is 0 Å². The van der Waals surface area contributed by atoms with Gasteiger partial charge in [0, 0.05) is 6.54 Å². The van der Waals surface area contributed by atoms with Crippen LogP contribution < -0.4 is 5.73 Å². The first-order valence-electron chi connectivity index (χ1n) is 3.78. The first-order chi connectivity index (χ1) is 5.13. The second kappa shape index (κ2) is 5.09. The van der Waals surface area contributed by atoms with E-state index in [4.69, 9.17) is 16.2 Å². The summed E-state index contributed by atoms with van der Waals surface area (Å²) < 4.78 is 0. The molecule has 1 atom stereocenters. The summed E-state index contributed by atoms with van der Waals surface area (Å²) in [5.74, 6) is 0.170. The smallest absolute Gasteiger partial charge is 0.108 e. The van der Waals surface area contributed by atoms with Crippen LogP contribution in [0.4, 0.5) is 0 Å². The predicted octanol–water partition coefficient (Wildman–Crippen LogP) is -0.375. The second-order valence-electron chi connectivity index (χ2n) is 2.58. The molecule has 0 saturated carbocycles. The summed E-state index contributed by atoms with van der Waals surface area (Å²) >= 11 is 0. The molecule has 0 saturated heterocycles. The molecule has 0 aromatic rings. The summed E-state index contributed by atoms with van der Waals surface area (Å²) in [5, 5.41) is 15.8. The van der Waals surface area contributed by atoms with Gasteiger partial charge in [-0.25, -0.2) is 0 Å². The van der Waals surface area contributed by atoms with Crippen LogP contribution >= 0.6 is 0 Å². The third kappa shape index (κ3) is 3.34. The molecule has 0 rings (SSSR count). The van der Waals surface area contributed by atoms with Crippen molar-refractivity contribution in [2.24, 2.45) is 5.73 Å². The molecular weight excluding hydrogens is 142 g/mol. The Bertz CT molecular complexity index is 127. The summed E-state index contributed by atoms with van der Waals surface area (Å²) in [6, 6.07) is -0.0258. The fourth-order valence-corrected chi connectivity index (χ4v) is 1.08. The topological polar surface area (TPSA) is 73.3 Å². The summed E-state index contributed by atoms with van der Waals surface area (Å²) in [7, 11) is 1.85. The Morgan fingerprint density at radius 1 is 1.73 bits per heavy atom. The third-order valence-corrected chi connectivity index (χ3v) is 1.73. The van der Waals surface area contributed by atoms with E-state index in [1.807, 2.05) is 18.9 Å². The van der Waals surface area contributed by atoms with Gasteiger partial charge in [0.05, 0.1) is 12.6 Å². The molecule has 1 unspecified atom stereocenters. The summed E-state index contributed by atoms with van der Waals surface area (Å²) in [6.07, 6.45) is 0.811. The maximum Gasteiger partial charge on any atom is 0.108 e. The average molecular weight is 159 g/mol. The van der Waals surface area contributed by atoms with Gasteiger partial charge in [-0.2, -0.15) is 0 Å². The van der Waals surface area contributed by atoms with Crippen LogP contribution in [-0.4, -0.2) is 42.1 Å². The Morgan fingerprint density at radius 2 is 2.27 bits per heavy atom. The summed E-state index contributed by atoms with van der Waals surface area (Å²) in [6.45, 7) is 2.65. The van der Waals surface area contributed by atoms with Crippen LogP contribution in [-0.2, 0) is 0 Å². The van der Waals surface area contributed by atoms with Crippen molar-refractivity contribution in [1.29, 1.82) is 5.41 Å². The molecule has 4 nitrogen and oxygen atoms in total. The molecular formula is C7H17N3O. The van der Waals surface area contributed by atoms with E-state index in [0.717, 1.165) is 6.42 Å². The second-order valence-corrected chi connectivity index (χ2v) is 2.58. The van der Waals surface area contributed by atoms with E-state index in [0.29, 0.717) is 6.54 Å². The molecule has 0 radical (unpaired) electrons. The molecule has 4 heteroatoms. The number of nitrogens with zero attached hydrogens (tertiary/aromatic N) is 1. The maximum absolute atomic E-state index is 8.61. The monoisotopic (exact) mass is 159 g/mol. The number of likely N-dealkylation sites (N-methyl/N-ethyl adjacent to an activating group) is 1. The van der Waals surface area contributed by atoms with Crippen molar-refractivity contribution < 1.29 is 5.11 Å². The molecule has 0 bridgehead atoms. The number of aliphatic hydroxyl groups excluding tert-OH is 1. The third-order valence-electron chi connectivity index (χ3n) is 1.73. The first kappa shape index (κ1) is 10.4. The van der Waals surface area contributed by atoms with Crippen LogP contribution in [0.2, 0.25) is 0 Å². The first-order valence-corrected chi connectivity index (χ1v) is 3.78. The zero-order valence-corrected chi connectivity index (χ0v) is 7.17. The molecule has 66 valence electrons. The van der Waals surface area contributed by atoms with Crippen molar-refractivity contribution >= 4 is 5.84 Å². The number of hydrogen-bond acceptors (Lipinski definition) is 3. The molecule has 0 aliphatic carbocycles. The van der Waals surface area contributed by atoms with E-state index in [2.05, 4.69) is 0 Å². The van der Waals surface area contributed by atoms with Gasteiger partial charge in [-0.15, -0.1) is 0 Å². The Kier molecular flexibility index (Phi) is 4.81. The lowest BCUT2D eigenvalue weighted by molar-refractivity contribution is 0.203. The Labute approximate surface area is 67.5 Å². The van der Waals surface area contributed by atoms with Crippen molar-refractivity contribution in [2.45, 2.75) is 19.4 Å². The highest BCUT2D eigenvalue weighted by molar-refractivity contribution is 5.82. The average Bonchev–Trinajstić information content (AvgIpc) is 1.88. The van der Waals surface area contributed by atoms with Gasteiger partial charge in [0.25, 0.3) is 0 Å². The van der Waals surface area contributed by atoms with Crippen molar-refractivity contribution in [3.05, 3.63) is 0 Å². The number of hydrogen-bond donors (Lipinski definition) is 3. The minimum Gasteiger partial charge on any atom is -0.395 e. The van der Waals surface area contributed by atoms with E-state index in [9.17, 15) is 0 Å². The van der Waals surface area contributed by atoms with Crippen LogP contribution in [0.15, 0.2) is 0 Å². The van der Waals surface area contributed by atoms with Gasteiger partial charge in [-0.1, -0.05) is 6.92 Å². The zero-order valence-electron chi connectivity index (χ0n) is 7.17. The van der Waals surface area contributed by atoms with E-state index in [1.165, 1.54) is 0 Å². The fourth-order valence-electron chi connectivity index (χ4n) is 1.08. The highest BCUT2D eigenvalue weighted by atomic mass is 16.3. The molecule has 0 aliphatic rings. The highest BCUT2D eigenvalue weighted by Gasteiger charge is 2.13. The van der Waals surface area contributed by atoms with Crippen molar-refractivity contribution in [1.82, 2.24) is 4.90 Å². The predicted molar refractivity (Wildman–Crippen MR) is 45.7 cm³/mol. The number of amidine groups is 1. The SMILES string of the molecule is CCC(C(=N)N)N(C)CCO. The lowest BCUT2D eigenvalue weighted by atomic mass is 10.2. The number of rotatable bonds is 5. The van der Waals surface area contributed by atoms with Crippen LogP contribution in [0, 0.1) is 5.41 Å². The van der Waals surface area contributed by atoms with E-state index in [-0.39, 0.29) is 18.5 Å². The number of aliphatic hydroxyl groups is 1. The zero-order chi connectivity index (χ0) is 8.85. The van der Waals surface area contributed by atoms with Gasteiger partial charge in [0.15, 0.2) is 0 Å². The molecule has 0 amide bonds. The van der Waals surface area contributed by atoms with Gasteiger partial charge >= 0.3 is 0 Å². The van der Waals surface area contributed by atoms with Crippen molar-refractivity contribution in [3.63, 3.8) is 0 Å². The minimum atomic E-state index is -0.0258. The Hall–Kier alpha value is -0.610. The summed E-state index contributed by atoms with van der Waals surface area (Å²) in [5.41, 5.74) is 5.34. The number of nitrogens with two attached hydrogens (primary N) is 1. The number of nitrogens with one attached hydrogen (secondary N) is 1. The standard InChI is InChI=1S/C7H17N3O/c1-3-6(7(8)9)10(2)4-5-11/h6,11H,3-5H2,1-2H3,(H3,8,9). The molecule has 4 N–H and O–H groups in total. The van der Waals surface area contributed by atoms with Gasteiger partial charge in [0.2, 0.25) is 0 Å². The van der Waals surface area contributed by atoms with Crippen LogP contribution in [0.1, 0.15) is 13.3 Å². The largest absolute Gasteiger partial charge is 0.395 e. The molecule has 0 heterocycles. The van der Waals surface area contributed by atoms with E-state index >= 15 is 0 Å². The van der Waals surface area contributed by atoms with E-state index in [1.54, 1.807) is 0 Å². The normalized spacial score (nSPS) is 13.5. The van der Waals surface area contributed by atoms with Crippen LogP contribution in [0.3, 0.4) is 0 Å². The van der Waals surface area contributed by atoms with Crippen molar-refractivity contribution in [2.75, 3.05) is 20.2 Å². The highest BCUT2D eigenvalue weighted by Crippen LogP contribution is 1.99. The van der Waals surface area contributed by atoms with Gasteiger partial charge in [-0.05, 0) is 13.5 Å².